The molecule has 2 atom stereocenters. The van der Waals surface area contributed by atoms with E-state index in [9.17, 15) is 9.59 Å². The van der Waals surface area contributed by atoms with Gasteiger partial charge in [-0.15, -0.1) is 0 Å². The lowest BCUT2D eigenvalue weighted by Crippen LogP contribution is -2.39. The Morgan fingerprint density at radius 1 is 0.966 bits per heavy atom. The average Bonchev–Trinajstić information content (AvgIpc) is 3.24. The summed E-state index contributed by atoms with van der Waals surface area (Å²) < 4.78 is 10.5. The highest BCUT2D eigenvalue weighted by atomic mass is 16.5. The van der Waals surface area contributed by atoms with Gasteiger partial charge in [-0.05, 0) is 37.1 Å². The predicted octanol–water partition coefficient (Wildman–Crippen LogP) is 2.81. The van der Waals surface area contributed by atoms with E-state index < -0.39 is 12.1 Å². The van der Waals surface area contributed by atoms with Crippen LogP contribution in [-0.4, -0.2) is 43.1 Å². The lowest BCUT2D eigenvalue weighted by molar-refractivity contribution is -0.123. The zero-order valence-corrected chi connectivity index (χ0v) is 16.7. The van der Waals surface area contributed by atoms with Crippen molar-refractivity contribution in [2.45, 2.75) is 32.5 Å². The molecule has 150 valence electrons. The van der Waals surface area contributed by atoms with Crippen LogP contribution in [0.1, 0.15) is 16.7 Å². The Morgan fingerprint density at radius 2 is 1.72 bits per heavy atom. The van der Waals surface area contributed by atoms with Crippen LogP contribution in [0.5, 0.6) is 11.5 Å². The van der Waals surface area contributed by atoms with Gasteiger partial charge in [-0.3, -0.25) is 14.6 Å². The number of fused-ring (bicyclic) bond motifs is 1. The van der Waals surface area contributed by atoms with Gasteiger partial charge in [0.05, 0.1) is 26.5 Å². The molecule has 2 heterocycles. The summed E-state index contributed by atoms with van der Waals surface area (Å²) in [5.74, 6) is 0.227. The number of methoxy groups -OCH3 is 2. The number of amides is 2. The Morgan fingerprint density at radius 3 is 2.45 bits per heavy atom. The molecule has 4 rings (SSSR count). The smallest absolute Gasteiger partial charge is 0.263 e. The van der Waals surface area contributed by atoms with Gasteiger partial charge in [0.1, 0.15) is 0 Å². The zero-order chi connectivity index (χ0) is 20.7. The second-order valence-electron chi connectivity index (χ2n) is 7.17. The molecule has 2 amide bonds. The summed E-state index contributed by atoms with van der Waals surface area (Å²) in [6.07, 6.45) is 0. The topological polar surface area (TPSA) is 83.8 Å². The van der Waals surface area contributed by atoms with E-state index in [0.29, 0.717) is 23.7 Å². The minimum atomic E-state index is -0.833. The maximum absolute atomic E-state index is 13.2. The van der Waals surface area contributed by atoms with Crippen LogP contribution in [0, 0.1) is 13.8 Å². The third-order valence-corrected chi connectivity index (χ3v) is 5.32. The molecule has 29 heavy (non-hydrogen) atoms. The van der Waals surface area contributed by atoms with Crippen LogP contribution >= 0.6 is 0 Å². The molecule has 0 saturated carbocycles. The first-order valence-electron chi connectivity index (χ1n) is 9.28. The van der Waals surface area contributed by atoms with Crippen molar-refractivity contribution in [2.24, 2.45) is 10.3 Å². The van der Waals surface area contributed by atoms with Crippen LogP contribution in [0.3, 0.4) is 0 Å². The van der Waals surface area contributed by atoms with Gasteiger partial charge in [0.25, 0.3) is 11.8 Å². The molecule has 0 spiro atoms. The molecule has 2 aromatic rings. The van der Waals surface area contributed by atoms with E-state index >= 15 is 0 Å². The quantitative estimate of drug-likeness (QED) is 0.728. The summed E-state index contributed by atoms with van der Waals surface area (Å²) >= 11 is 0. The molecule has 8 heteroatoms. The molecule has 2 aliphatic rings. The molecule has 0 aromatic heterocycles. The number of carbonyl (C=O) groups is 2. The van der Waals surface area contributed by atoms with Gasteiger partial charge in [-0.1, -0.05) is 29.0 Å². The highest BCUT2D eigenvalue weighted by Gasteiger charge is 2.54. The molecule has 0 radical (unpaired) electrons. The van der Waals surface area contributed by atoms with E-state index in [1.165, 1.54) is 14.2 Å². The molecule has 2 aromatic carbocycles. The average molecular weight is 394 g/mol. The number of hydrogen-bond acceptors (Lipinski definition) is 7. The normalized spacial score (nSPS) is 20.4. The van der Waals surface area contributed by atoms with Crippen molar-refractivity contribution in [3.05, 3.63) is 53.1 Å². The summed E-state index contributed by atoms with van der Waals surface area (Å²) in [4.78, 5) is 27.3. The van der Waals surface area contributed by atoms with Gasteiger partial charge >= 0.3 is 0 Å². The number of rotatable bonds is 5. The van der Waals surface area contributed by atoms with Crippen LogP contribution in [0.2, 0.25) is 0 Å². The highest BCUT2D eigenvalue weighted by Crippen LogP contribution is 2.37. The Labute approximate surface area is 168 Å². The number of nitrogens with zero attached hydrogens (tertiary/aromatic N) is 4. The Kier molecular flexibility index (Phi) is 4.70. The second kappa shape index (κ2) is 7.20. The van der Waals surface area contributed by atoms with E-state index in [0.717, 1.165) is 21.6 Å². The van der Waals surface area contributed by atoms with E-state index in [-0.39, 0.29) is 11.8 Å². The van der Waals surface area contributed by atoms with E-state index in [1.807, 2.05) is 26.0 Å². The molecule has 2 aliphatic heterocycles. The monoisotopic (exact) mass is 394 g/mol. The van der Waals surface area contributed by atoms with Gasteiger partial charge < -0.3 is 9.47 Å². The molecular formula is C21H22N4O4. The van der Waals surface area contributed by atoms with Gasteiger partial charge in [0.15, 0.2) is 23.6 Å². The Balaban J connectivity index is 1.63. The molecule has 0 bridgehead atoms. The number of benzene rings is 2. The number of carbonyl (C=O) groups excluding carboxylic acids is 2. The molecule has 0 aliphatic carbocycles. The summed E-state index contributed by atoms with van der Waals surface area (Å²) in [6, 6.07) is 9.50. The second-order valence-corrected chi connectivity index (χ2v) is 7.17. The van der Waals surface area contributed by atoms with Crippen molar-refractivity contribution in [1.29, 1.82) is 0 Å². The SMILES string of the molecule is COc1ccc(N2C(=O)C3N=NN(Cc4cc(C)ccc4C)C3C2=O)cc1OC. The van der Waals surface area contributed by atoms with E-state index in [4.69, 9.17) is 9.47 Å². The number of imide groups is 1. The van der Waals surface area contributed by atoms with Crippen LogP contribution in [-0.2, 0) is 16.1 Å². The predicted molar refractivity (Wildman–Crippen MR) is 106 cm³/mol. The standard InChI is InChI=1S/C21H22N4O4/c1-12-5-6-13(2)14(9-12)11-24-19-18(22-23-24)20(26)25(21(19)27)15-7-8-16(28-3)17(10-15)29-4/h5-10,18-19H,11H2,1-4H3. The molecule has 2 unspecified atom stereocenters. The maximum Gasteiger partial charge on any atom is 0.263 e. The van der Waals surface area contributed by atoms with Crippen molar-refractivity contribution in [3.8, 4) is 11.5 Å². The zero-order valence-electron chi connectivity index (χ0n) is 16.7. The van der Waals surface area contributed by atoms with Crippen molar-refractivity contribution in [1.82, 2.24) is 5.01 Å². The maximum atomic E-state index is 13.2. The summed E-state index contributed by atoms with van der Waals surface area (Å²) in [5.41, 5.74) is 3.70. The van der Waals surface area contributed by atoms with Crippen molar-refractivity contribution < 1.29 is 19.1 Å². The highest BCUT2D eigenvalue weighted by molar-refractivity contribution is 6.25. The minimum absolute atomic E-state index is 0.345. The lowest BCUT2D eigenvalue weighted by Gasteiger charge is -2.22. The summed E-state index contributed by atoms with van der Waals surface area (Å²) in [7, 11) is 3.03. The van der Waals surface area contributed by atoms with Gasteiger partial charge in [0, 0.05) is 6.07 Å². The molecule has 1 fully saturated rings. The van der Waals surface area contributed by atoms with Gasteiger partial charge in [0.2, 0.25) is 0 Å². The van der Waals surface area contributed by atoms with Crippen molar-refractivity contribution >= 4 is 17.5 Å². The Bertz CT molecular complexity index is 1020. The molecule has 0 N–H and O–H groups in total. The lowest BCUT2D eigenvalue weighted by atomic mass is 10.0. The number of ether oxygens (including phenoxy) is 2. The van der Waals surface area contributed by atoms with Gasteiger partial charge in [-0.2, -0.15) is 5.11 Å². The fraction of sp³-hybridized carbons (Fsp3) is 0.333. The minimum Gasteiger partial charge on any atom is -0.493 e. The third-order valence-electron chi connectivity index (χ3n) is 5.32. The first-order chi connectivity index (χ1) is 13.9. The van der Waals surface area contributed by atoms with Crippen LogP contribution in [0.25, 0.3) is 0 Å². The summed E-state index contributed by atoms with van der Waals surface area (Å²) in [6.45, 7) is 4.44. The number of anilines is 1. The van der Waals surface area contributed by atoms with Crippen LogP contribution in [0.15, 0.2) is 46.7 Å². The largest absolute Gasteiger partial charge is 0.493 e. The van der Waals surface area contributed by atoms with Crippen molar-refractivity contribution in [3.63, 3.8) is 0 Å². The van der Waals surface area contributed by atoms with E-state index in [1.54, 1.807) is 23.2 Å². The van der Waals surface area contributed by atoms with Crippen molar-refractivity contribution in [2.75, 3.05) is 19.1 Å². The van der Waals surface area contributed by atoms with Gasteiger partial charge in [-0.25, -0.2) is 4.90 Å². The number of aryl methyl sites for hydroxylation is 2. The number of hydrogen-bond donors (Lipinski definition) is 0. The first-order valence-corrected chi connectivity index (χ1v) is 9.28. The fourth-order valence-corrected chi connectivity index (χ4v) is 3.72. The molecule has 1 saturated heterocycles. The van der Waals surface area contributed by atoms with Crippen LogP contribution < -0.4 is 14.4 Å². The third kappa shape index (κ3) is 3.10. The first kappa shape index (κ1) is 18.9. The molecular weight excluding hydrogens is 372 g/mol. The van der Waals surface area contributed by atoms with Crippen LogP contribution in [0.4, 0.5) is 5.69 Å². The fourth-order valence-electron chi connectivity index (χ4n) is 3.72. The van der Waals surface area contributed by atoms with E-state index in [2.05, 4.69) is 16.4 Å². The molecule has 8 nitrogen and oxygen atoms in total. The summed E-state index contributed by atoms with van der Waals surface area (Å²) in [5, 5.41) is 9.82. The Hall–Kier alpha value is -3.42.